The molecule has 0 saturated heterocycles. The van der Waals surface area contributed by atoms with Gasteiger partial charge in [-0.25, -0.2) is 9.59 Å². The number of carbonyl (C=O) groups is 2. The molecule has 2 N–H and O–H groups in total. The number of H-pyrrole nitrogens is 1. The Morgan fingerprint density at radius 2 is 2.00 bits per heavy atom. The predicted molar refractivity (Wildman–Crippen MR) is 72.3 cm³/mol. The van der Waals surface area contributed by atoms with Gasteiger partial charge in [-0.2, -0.15) is 0 Å². The van der Waals surface area contributed by atoms with Gasteiger partial charge >= 0.3 is 12.1 Å². The minimum Gasteiger partial charge on any atom is -0.462 e. The summed E-state index contributed by atoms with van der Waals surface area (Å²) < 4.78 is 9.58. The Bertz CT molecular complexity index is 659. The topological polar surface area (TPSA) is 88.6 Å². The first-order valence-corrected chi connectivity index (χ1v) is 6.28. The second kappa shape index (κ2) is 5.64. The first-order chi connectivity index (χ1) is 9.55. The van der Waals surface area contributed by atoms with Crippen LogP contribution >= 0.6 is 0 Å². The van der Waals surface area contributed by atoms with Crippen LogP contribution in [0.25, 0.3) is 10.9 Å². The van der Waals surface area contributed by atoms with Gasteiger partial charge in [0.2, 0.25) is 5.88 Å². The smallest absolute Gasteiger partial charge is 0.462 e. The summed E-state index contributed by atoms with van der Waals surface area (Å²) in [6, 6.07) is 5.01. The van der Waals surface area contributed by atoms with E-state index in [0.29, 0.717) is 29.5 Å². The van der Waals surface area contributed by atoms with Crippen LogP contribution in [0.4, 0.5) is 4.79 Å². The lowest BCUT2D eigenvalue weighted by Gasteiger charge is -2.07. The maximum absolute atomic E-state index is 11.9. The molecule has 0 fully saturated rings. The van der Waals surface area contributed by atoms with Gasteiger partial charge in [-0.3, -0.25) is 0 Å². The van der Waals surface area contributed by atoms with Crippen molar-refractivity contribution < 1.29 is 24.2 Å². The van der Waals surface area contributed by atoms with Crippen molar-refractivity contribution in [2.24, 2.45) is 0 Å². The standard InChI is InChI=1S/C14H15NO5/c1-3-8-6-11-9(5-10(8)13(16)19-4-2)7-12(15-11)20-14(17)18/h5-7,15H,3-4H2,1-2H3,(H,17,18). The maximum Gasteiger partial charge on any atom is 0.512 e. The minimum atomic E-state index is -1.39. The van der Waals surface area contributed by atoms with Crippen LogP contribution in [0, 0.1) is 0 Å². The third-order valence-corrected chi connectivity index (χ3v) is 2.89. The van der Waals surface area contributed by atoms with Crippen molar-refractivity contribution in [3.63, 3.8) is 0 Å². The van der Waals surface area contributed by atoms with Gasteiger partial charge < -0.3 is 19.6 Å². The maximum atomic E-state index is 11.9. The van der Waals surface area contributed by atoms with Crippen LogP contribution in [0.5, 0.6) is 5.88 Å². The van der Waals surface area contributed by atoms with Crippen LogP contribution in [0.15, 0.2) is 18.2 Å². The number of carboxylic acid groups (broad SMARTS) is 1. The van der Waals surface area contributed by atoms with Crippen molar-refractivity contribution in [1.82, 2.24) is 4.98 Å². The molecule has 20 heavy (non-hydrogen) atoms. The van der Waals surface area contributed by atoms with Gasteiger partial charge in [-0.15, -0.1) is 0 Å². The first kappa shape index (κ1) is 13.9. The monoisotopic (exact) mass is 277 g/mol. The molecule has 0 aliphatic rings. The molecule has 6 heteroatoms. The first-order valence-electron chi connectivity index (χ1n) is 6.28. The summed E-state index contributed by atoms with van der Waals surface area (Å²) in [6.45, 7) is 3.99. The van der Waals surface area contributed by atoms with Crippen LogP contribution in [0.3, 0.4) is 0 Å². The van der Waals surface area contributed by atoms with Crippen molar-refractivity contribution in [3.05, 3.63) is 29.3 Å². The van der Waals surface area contributed by atoms with Crippen LogP contribution < -0.4 is 4.74 Å². The van der Waals surface area contributed by atoms with Crippen LogP contribution in [0.1, 0.15) is 29.8 Å². The lowest BCUT2D eigenvalue weighted by Crippen LogP contribution is -2.07. The number of nitrogens with one attached hydrogen (secondary N) is 1. The van der Waals surface area contributed by atoms with E-state index in [1.807, 2.05) is 6.92 Å². The number of carbonyl (C=O) groups excluding carboxylic acids is 1. The zero-order chi connectivity index (χ0) is 14.7. The lowest BCUT2D eigenvalue weighted by atomic mass is 10.0. The average Bonchev–Trinajstić information content (AvgIpc) is 2.77. The summed E-state index contributed by atoms with van der Waals surface area (Å²) >= 11 is 0. The fourth-order valence-electron chi connectivity index (χ4n) is 2.04. The lowest BCUT2D eigenvalue weighted by molar-refractivity contribution is 0.0525. The number of aromatic amines is 1. The number of fused-ring (bicyclic) bond motifs is 1. The molecule has 0 amide bonds. The summed E-state index contributed by atoms with van der Waals surface area (Å²) in [6.07, 6.45) is -0.726. The van der Waals surface area contributed by atoms with E-state index in [2.05, 4.69) is 9.72 Å². The van der Waals surface area contributed by atoms with Gasteiger partial charge in [0, 0.05) is 17.0 Å². The van der Waals surface area contributed by atoms with Crippen molar-refractivity contribution in [2.75, 3.05) is 6.61 Å². The molecule has 2 rings (SSSR count). The zero-order valence-corrected chi connectivity index (χ0v) is 11.2. The van der Waals surface area contributed by atoms with E-state index < -0.39 is 6.16 Å². The fraction of sp³-hybridized carbons (Fsp3) is 0.286. The molecule has 0 bridgehead atoms. The summed E-state index contributed by atoms with van der Waals surface area (Å²) in [5.74, 6) is -0.260. The Balaban J connectivity index is 2.48. The summed E-state index contributed by atoms with van der Waals surface area (Å²) in [7, 11) is 0. The highest BCUT2D eigenvalue weighted by atomic mass is 16.7. The molecule has 0 aliphatic carbocycles. The Kier molecular flexibility index (Phi) is 3.93. The van der Waals surface area contributed by atoms with E-state index in [-0.39, 0.29) is 11.8 Å². The SMILES string of the molecule is CCOC(=O)c1cc2cc(OC(=O)O)[nH]c2cc1CC. The number of esters is 1. The van der Waals surface area contributed by atoms with Gasteiger partial charge in [0.1, 0.15) is 0 Å². The summed E-state index contributed by atoms with van der Waals surface area (Å²) in [5, 5.41) is 9.29. The molecule has 1 aromatic carbocycles. The molecule has 0 atom stereocenters. The van der Waals surface area contributed by atoms with Gasteiger partial charge in [0.05, 0.1) is 12.2 Å². The molecular formula is C14H15NO5. The number of aryl methyl sites for hydroxylation is 1. The van der Waals surface area contributed by atoms with E-state index in [0.717, 1.165) is 5.56 Å². The molecular weight excluding hydrogens is 262 g/mol. The largest absolute Gasteiger partial charge is 0.512 e. The molecule has 0 aliphatic heterocycles. The van der Waals surface area contributed by atoms with E-state index in [9.17, 15) is 9.59 Å². The van der Waals surface area contributed by atoms with Gasteiger partial charge in [0.15, 0.2) is 0 Å². The van der Waals surface area contributed by atoms with Crippen molar-refractivity contribution in [1.29, 1.82) is 0 Å². The molecule has 2 aromatic rings. The molecule has 1 heterocycles. The Morgan fingerprint density at radius 1 is 1.25 bits per heavy atom. The quantitative estimate of drug-likeness (QED) is 0.839. The minimum absolute atomic E-state index is 0.121. The second-order valence-electron chi connectivity index (χ2n) is 4.17. The Hall–Kier alpha value is -2.50. The third kappa shape index (κ3) is 2.74. The normalized spacial score (nSPS) is 10.5. The fourth-order valence-corrected chi connectivity index (χ4v) is 2.04. The van der Waals surface area contributed by atoms with Crippen molar-refractivity contribution in [2.45, 2.75) is 20.3 Å². The summed E-state index contributed by atoms with van der Waals surface area (Å²) in [4.78, 5) is 25.3. The van der Waals surface area contributed by atoms with E-state index in [1.165, 1.54) is 6.07 Å². The van der Waals surface area contributed by atoms with Crippen LogP contribution in [-0.4, -0.2) is 28.8 Å². The highest BCUT2D eigenvalue weighted by molar-refractivity contribution is 5.97. The number of benzene rings is 1. The molecule has 0 unspecified atom stereocenters. The van der Waals surface area contributed by atoms with Gasteiger partial charge in [-0.05, 0) is 31.0 Å². The molecule has 0 radical (unpaired) electrons. The summed E-state index contributed by atoms with van der Waals surface area (Å²) in [5.41, 5.74) is 2.04. The van der Waals surface area contributed by atoms with Crippen molar-refractivity contribution >= 4 is 23.0 Å². The number of rotatable bonds is 4. The Labute approximate surface area is 115 Å². The second-order valence-corrected chi connectivity index (χ2v) is 4.17. The Morgan fingerprint density at radius 3 is 2.60 bits per heavy atom. The molecule has 106 valence electrons. The third-order valence-electron chi connectivity index (χ3n) is 2.89. The number of hydrogen-bond donors (Lipinski definition) is 2. The number of aromatic nitrogens is 1. The van der Waals surface area contributed by atoms with E-state index in [4.69, 9.17) is 9.84 Å². The highest BCUT2D eigenvalue weighted by Crippen LogP contribution is 2.25. The molecule has 6 nitrogen and oxygen atoms in total. The molecule has 0 saturated carbocycles. The highest BCUT2D eigenvalue weighted by Gasteiger charge is 2.15. The number of ether oxygens (including phenoxy) is 2. The van der Waals surface area contributed by atoms with Gasteiger partial charge in [-0.1, -0.05) is 6.92 Å². The van der Waals surface area contributed by atoms with Crippen molar-refractivity contribution in [3.8, 4) is 5.88 Å². The van der Waals surface area contributed by atoms with E-state index in [1.54, 1.807) is 19.1 Å². The van der Waals surface area contributed by atoms with Crippen LogP contribution in [-0.2, 0) is 11.2 Å². The molecule has 0 spiro atoms. The predicted octanol–water partition coefficient (Wildman–Crippen LogP) is 2.96. The average molecular weight is 277 g/mol. The van der Waals surface area contributed by atoms with Gasteiger partial charge in [0.25, 0.3) is 0 Å². The van der Waals surface area contributed by atoms with E-state index >= 15 is 0 Å². The number of hydrogen-bond acceptors (Lipinski definition) is 4. The van der Waals surface area contributed by atoms with Crippen LogP contribution in [0.2, 0.25) is 0 Å². The molecule has 1 aromatic heterocycles. The zero-order valence-electron chi connectivity index (χ0n) is 11.2.